The topological polar surface area (TPSA) is 29.9 Å². The Morgan fingerprint density at radius 1 is 1.09 bits per heavy atom. The van der Waals surface area contributed by atoms with Crippen molar-refractivity contribution >= 4 is 45.1 Å². The summed E-state index contributed by atoms with van der Waals surface area (Å²) in [5.41, 5.74) is 3.14. The van der Waals surface area contributed by atoms with Gasteiger partial charge in [-0.25, -0.2) is 4.98 Å². The van der Waals surface area contributed by atoms with Crippen LogP contribution in [0.25, 0.3) is 11.3 Å². The molecule has 1 heterocycles. The molecule has 3 aromatic rings. The maximum atomic E-state index is 6.10. The lowest BCUT2D eigenvalue weighted by atomic mass is 10.2. The van der Waals surface area contributed by atoms with Gasteiger partial charge in [-0.15, -0.1) is 0 Å². The molecule has 0 bridgehead atoms. The third kappa shape index (κ3) is 3.71. The van der Waals surface area contributed by atoms with E-state index in [1.807, 2.05) is 42.1 Å². The van der Waals surface area contributed by atoms with Crippen LogP contribution in [-0.4, -0.2) is 9.55 Å². The Morgan fingerprint density at radius 3 is 2.52 bits per heavy atom. The molecular weight excluding hydrogens is 397 g/mol. The van der Waals surface area contributed by atoms with E-state index >= 15 is 0 Å². The zero-order chi connectivity index (χ0) is 16.4. The summed E-state index contributed by atoms with van der Waals surface area (Å²) in [6.45, 7) is 0.707. The van der Waals surface area contributed by atoms with Crippen molar-refractivity contribution in [3.63, 3.8) is 0 Å². The van der Waals surface area contributed by atoms with Crippen LogP contribution in [-0.2, 0) is 13.6 Å². The molecule has 3 rings (SSSR count). The van der Waals surface area contributed by atoms with Crippen molar-refractivity contribution in [1.29, 1.82) is 0 Å². The first kappa shape index (κ1) is 16.4. The minimum atomic E-state index is 0.537. The van der Waals surface area contributed by atoms with Gasteiger partial charge in [0.15, 0.2) is 0 Å². The summed E-state index contributed by atoms with van der Waals surface area (Å²) in [6, 6.07) is 13.8. The lowest BCUT2D eigenvalue weighted by Gasteiger charge is -2.09. The first-order valence-corrected chi connectivity index (χ1v) is 8.55. The molecular formula is C17H14BrCl2N3. The molecule has 2 aromatic carbocycles. The van der Waals surface area contributed by atoms with Gasteiger partial charge in [0.25, 0.3) is 0 Å². The third-order valence-electron chi connectivity index (χ3n) is 3.57. The van der Waals surface area contributed by atoms with E-state index in [2.05, 4.69) is 38.4 Å². The summed E-state index contributed by atoms with van der Waals surface area (Å²) in [7, 11) is 1.97. The minimum absolute atomic E-state index is 0.537. The number of benzene rings is 2. The van der Waals surface area contributed by atoms with E-state index in [1.165, 1.54) is 5.56 Å². The molecule has 0 amide bonds. The van der Waals surface area contributed by atoms with Crippen LogP contribution in [0.5, 0.6) is 0 Å². The highest BCUT2D eigenvalue weighted by Crippen LogP contribution is 2.29. The Morgan fingerprint density at radius 2 is 1.83 bits per heavy atom. The van der Waals surface area contributed by atoms with Crippen LogP contribution >= 0.6 is 39.1 Å². The smallest absolute Gasteiger partial charge is 0.203 e. The van der Waals surface area contributed by atoms with Gasteiger partial charge in [-0.2, -0.15) is 0 Å². The number of rotatable bonds is 4. The quantitative estimate of drug-likeness (QED) is 0.591. The molecule has 0 spiro atoms. The van der Waals surface area contributed by atoms with E-state index in [0.717, 1.165) is 21.7 Å². The molecule has 0 saturated heterocycles. The van der Waals surface area contributed by atoms with Crippen molar-refractivity contribution in [3.05, 3.63) is 68.7 Å². The van der Waals surface area contributed by atoms with Gasteiger partial charge in [-0.05, 0) is 29.8 Å². The average molecular weight is 411 g/mol. The molecule has 0 saturated carbocycles. The summed E-state index contributed by atoms with van der Waals surface area (Å²) in [5, 5.41) is 4.43. The van der Waals surface area contributed by atoms with Crippen molar-refractivity contribution in [2.45, 2.75) is 6.54 Å². The Balaban J connectivity index is 1.78. The first-order chi connectivity index (χ1) is 11.0. The SMILES string of the molecule is Cn1c(-c2ccc(Cl)c(Cl)c2)cnc1NCc1ccc(Br)cc1. The number of hydrogen-bond acceptors (Lipinski definition) is 2. The molecule has 0 aliphatic heterocycles. The maximum Gasteiger partial charge on any atom is 0.203 e. The second-order valence-corrected chi connectivity index (χ2v) is 6.87. The summed E-state index contributed by atoms with van der Waals surface area (Å²) in [6.07, 6.45) is 1.82. The van der Waals surface area contributed by atoms with Crippen molar-refractivity contribution in [3.8, 4) is 11.3 Å². The lowest BCUT2D eigenvalue weighted by molar-refractivity contribution is 0.907. The standard InChI is InChI=1S/C17H14BrCl2N3/c1-23-16(12-4-7-14(19)15(20)8-12)10-22-17(23)21-9-11-2-5-13(18)6-3-11/h2-8,10H,9H2,1H3,(H,21,22). The number of anilines is 1. The highest BCUT2D eigenvalue weighted by molar-refractivity contribution is 9.10. The van der Waals surface area contributed by atoms with Gasteiger partial charge >= 0.3 is 0 Å². The zero-order valence-electron chi connectivity index (χ0n) is 12.4. The number of imidazole rings is 1. The van der Waals surface area contributed by atoms with Crippen LogP contribution in [0.4, 0.5) is 5.95 Å². The molecule has 0 fully saturated rings. The monoisotopic (exact) mass is 409 g/mol. The fourth-order valence-electron chi connectivity index (χ4n) is 2.28. The molecule has 0 aliphatic carbocycles. The minimum Gasteiger partial charge on any atom is -0.352 e. The highest BCUT2D eigenvalue weighted by atomic mass is 79.9. The van der Waals surface area contributed by atoms with Crippen molar-refractivity contribution in [2.24, 2.45) is 7.05 Å². The van der Waals surface area contributed by atoms with Crippen molar-refractivity contribution in [1.82, 2.24) is 9.55 Å². The number of aromatic nitrogens is 2. The highest BCUT2D eigenvalue weighted by Gasteiger charge is 2.10. The molecule has 0 radical (unpaired) electrons. The number of hydrogen-bond donors (Lipinski definition) is 1. The van der Waals surface area contributed by atoms with E-state index in [1.54, 1.807) is 6.07 Å². The molecule has 6 heteroatoms. The van der Waals surface area contributed by atoms with Gasteiger partial charge in [0.2, 0.25) is 5.95 Å². The van der Waals surface area contributed by atoms with Crippen molar-refractivity contribution in [2.75, 3.05) is 5.32 Å². The van der Waals surface area contributed by atoms with E-state index < -0.39 is 0 Å². The third-order valence-corrected chi connectivity index (χ3v) is 4.84. The molecule has 3 nitrogen and oxygen atoms in total. The van der Waals surface area contributed by atoms with E-state index in [-0.39, 0.29) is 0 Å². The summed E-state index contributed by atoms with van der Waals surface area (Å²) in [4.78, 5) is 4.44. The van der Waals surface area contributed by atoms with Crippen molar-refractivity contribution < 1.29 is 0 Å². The largest absolute Gasteiger partial charge is 0.352 e. The van der Waals surface area contributed by atoms with Crippen LogP contribution in [0.1, 0.15) is 5.56 Å². The normalized spacial score (nSPS) is 10.8. The second-order valence-electron chi connectivity index (χ2n) is 5.13. The Hall–Kier alpha value is -1.49. The van der Waals surface area contributed by atoms with Crippen LogP contribution in [0.2, 0.25) is 10.0 Å². The van der Waals surface area contributed by atoms with Gasteiger partial charge in [-0.3, -0.25) is 0 Å². The lowest BCUT2D eigenvalue weighted by Crippen LogP contribution is -2.05. The molecule has 0 aliphatic rings. The van der Waals surface area contributed by atoms with Crippen LogP contribution in [0.15, 0.2) is 53.1 Å². The van der Waals surface area contributed by atoms with Crippen LogP contribution < -0.4 is 5.32 Å². The molecule has 23 heavy (non-hydrogen) atoms. The molecule has 1 aromatic heterocycles. The fraction of sp³-hybridized carbons (Fsp3) is 0.118. The summed E-state index contributed by atoms with van der Waals surface area (Å²) >= 11 is 15.5. The maximum absolute atomic E-state index is 6.10. The van der Waals surface area contributed by atoms with Crippen LogP contribution in [0.3, 0.4) is 0 Å². The molecule has 0 unspecified atom stereocenters. The second kappa shape index (κ2) is 6.95. The number of halogens is 3. The summed E-state index contributed by atoms with van der Waals surface area (Å²) < 4.78 is 3.07. The Labute approximate surface area is 153 Å². The first-order valence-electron chi connectivity index (χ1n) is 7.00. The predicted molar refractivity (Wildman–Crippen MR) is 100 cm³/mol. The van der Waals surface area contributed by atoms with E-state index in [4.69, 9.17) is 23.2 Å². The van der Waals surface area contributed by atoms with Gasteiger partial charge in [0.1, 0.15) is 0 Å². The molecule has 1 N–H and O–H groups in total. The predicted octanol–water partition coefficient (Wildman–Crippen LogP) is 5.77. The van der Waals surface area contributed by atoms with Gasteiger partial charge in [0.05, 0.1) is 21.9 Å². The number of nitrogens with one attached hydrogen (secondary N) is 1. The Kier molecular flexibility index (Phi) is 4.95. The van der Waals surface area contributed by atoms with Gasteiger partial charge in [-0.1, -0.05) is 57.3 Å². The number of nitrogens with zero attached hydrogens (tertiary/aromatic N) is 2. The molecule has 0 atom stereocenters. The Bertz CT molecular complexity index is 828. The van der Waals surface area contributed by atoms with Gasteiger partial charge < -0.3 is 9.88 Å². The van der Waals surface area contributed by atoms with E-state index in [9.17, 15) is 0 Å². The van der Waals surface area contributed by atoms with Crippen LogP contribution in [0, 0.1) is 0 Å². The fourth-order valence-corrected chi connectivity index (χ4v) is 2.84. The zero-order valence-corrected chi connectivity index (χ0v) is 15.5. The summed E-state index contributed by atoms with van der Waals surface area (Å²) in [5.74, 6) is 0.800. The average Bonchev–Trinajstić information content (AvgIpc) is 2.90. The molecule has 118 valence electrons. The van der Waals surface area contributed by atoms with Gasteiger partial charge in [0, 0.05) is 23.6 Å². The van der Waals surface area contributed by atoms with E-state index in [0.29, 0.717) is 16.6 Å².